The molecule has 0 saturated heterocycles. The first kappa shape index (κ1) is 9.83. The van der Waals surface area contributed by atoms with Crippen LogP contribution in [0.5, 0.6) is 11.5 Å². The zero-order chi connectivity index (χ0) is 10.7. The van der Waals surface area contributed by atoms with Gasteiger partial charge in [-0.2, -0.15) is 0 Å². The summed E-state index contributed by atoms with van der Waals surface area (Å²) >= 11 is 0. The van der Waals surface area contributed by atoms with Gasteiger partial charge in [0.05, 0.1) is 20.8 Å². The Morgan fingerprint density at radius 3 is 2.27 bits per heavy atom. The van der Waals surface area contributed by atoms with Gasteiger partial charge in [-0.1, -0.05) is 0 Å². The van der Waals surface area contributed by atoms with Gasteiger partial charge in [-0.25, -0.2) is 4.99 Å². The van der Waals surface area contributed by atoms with Gasteiger partial charge in [-0.15, -0.1) is 0 Å². The zero-order valence-corrected chi connectivity index (χ0v) is 8.82. The number of hydrogen-bond acceptors (Lipinski definition) is 4. The Hall–Kier alpha value is -1.71. The average molecular weight is 207 g/mol. The summed E-state index contributed by atoms with van der Waals surface area (Å²) in [4.78, 5) is 4.24. The van der Waals surface area contributed by atoms with Crippen LogP contribution in [0.4, 0.5) is 0 Å². The molecule has 1 aromatic carbocycles. The van der Waals surface area contributed by atoms with Crippen molar-refractivity contribution in [3.63, 3.8) is 0 Å². The molecule has 2 rings (SSSR count). The van der Waals surface area contributed by atoms with Crippen molar-refractivity contribution in [3.8, 4) is 11.5 Å². The number of nitrogens with zero attached hydrogens (tertiary/aromatic N) is 1. The normalized spacial score (nSPS) is 14.4. The first-order valence-electron chi connectivity index (χ1n) is 4.74. The summed E-state index contributed by atoms with van der Waals surface area (Å²) in [6.45, 7) is 1.36. The SMILES string of the molecule is COc1cc(OC)cc(C2=NCCO2)c1. The highest BCUT2D eigenvalue weighted by molar-refractivity contribution is 5.95. The predicted molar refractivity (Wildman–Crippen MR) is 56.9 cm³/mol. The largest absolute Gasteiger partial charge is 0.497 e. The number of ether oxygens (including phenoxy) is 3. The fraction of sp³-hybridized carbons (Fsp3) is 0.364. The van der Waals surface area contributed by atoms with Crippen LogP contribution in [0.25, 0.3) is 0 Å². The van der Waals surface area contributed by atoms with E-state index in [4.69, 9.17) is 14.2 Å². The van der Waals surface area contributed by atoms with Crippen molar-refractivity contribution in [1.82, 2.24) is 0 Å². The Labute approximate surface area is 88.5 Å². The molecule has 0 aromatic heterocycles. The number of aliphatic imine (C=N–C) groups is 1. The fourth-order valence-corrected chi connectivity index (χ4v) is 1.44. The Bertz CT molecular complexity index is 365. The Kier molecular flexibility index (Phi) is 2.76. The van der Waals surface area contributed by atoms with Crippen molar-refractivity contribution in [2.45, 2.75) is 0 Å². The van der Waals surface area contributed by atoms with E-state index >= 15 is 0 Å². The van der Waals surface area contributed by atoms with E-state index in [-0.39, 0.29) is 0 Å². The van der Waals surface area contributed by atoms with Crippen molar-refractivity contribution in [3.05, 3.63) is 23.8 Å². The van der Waals surface area contributed by atoms with Crippen LogP contribution in [0.15, 0.2) is 23.2 Å². The van der Waals surface area contributed by atoms with Crippen LogP contribution >= 0.6 is 0 Å². The Balaban J connectivity index is 2.37. The van der Waals surface area contributed by atoms with E-state index in [0.29, 0.717) is 12.5 Å². The third kappa shape index (κ3) is 2.03. The molecule has 0 bridgehead atoms. The van der Waals surface area contributed by atoms with Crippen LogP contribution in [0.2, 0.25) is 0 Å². The van der Waals surface area contributed by atoms with Crippen molar-refractivity contribution < 1.29 is 14.2 Å². The van der Waals surface area contributed by atoms with E-state index in [1.807, 2.05) is 18.2 Å². The van der Waals surface area contributed by atoms with Gasteiger partial charge < -0.3 is 14.2 Å². The van der Waals surface area contributed by atoms with Crippen LogP contribution < -0.4 is 9.47 Å². The standard InChI is InChI=1S/C11H13NO3/c1-13-9-5-8(6-10(7-9)14-2)11-12-3-4-15-11/h5-7H,3-4H2,1-2H3. The minimum atomic E-state index is 0.648. The minimum Gasteiger partial charge on any atom is -0.497 e. The molecule has 80 valence electrons. The highest BCUT2D eigenvalue weighted by Crippen LogP contribution is 2.23. The summed E-state index contributed by atoms with van der Waals surface area (Å²) in [6, 6.07) is 5.58. The van der Waals surface area contributed by atoms with E-state index in [1.165, 1.54) is 0 Å². The second-order valence-electron chi connectivity index (χ2n) is 3.14. The van der Waals surface area contributed by atoms with Gasteiger partial charge in [0.25, 0.3) is 0 Å². The van der Waals surface area contributed by atoms with Crippen LogP contribution in [0, 0.1) is 0 Å². The number of rotatable bonds is 3. The fourth-order valence-electron chi connectivity index (χ4n) is 1.44. The van der Waals surface area contributed by atoms with Gasteiger partial charge in [-0.05, 0) is 12.1 Å². The molecule has 1 aromatic rings. The topological polar surface area (TPSA) is 40.0 Å². The van der Waals surface area contributed by atoms with Crippen LogP contribution in [0.3, 0.4) is 0 Å². The van der Waals surface area contributed by atoms with Crippen molar-refractivity contribution >= 4 is 5.90 Å². The highest BCUT2D eigenvalue weighted by atomic mass is 16.5. The first-order chi connectivity index (χ1) is 7.33. The molecule has 4 nitrogen and oxygen atoms in total. The summed E-state index contributed by atoms with van der Waals surface area (Å²) < 4.78 is 15.7. The van der Waals surface area contributed by atoms with E-state index in [2.05, 4.69) is 4.99 Å². The number of methoxy groups -OCH3 is 2. The molecule has 0 aliphatic carbocycles. The molecule has 0 radical (unpaired) electrons. The molecule has 0 spiro atoms. The number of benzene rings is 1. The molecule has 0 unspecified atom stereocenters. The zero-order valence-electron chi connectivity index (χ0n) is 8.82. The highest BCUT2D eigenvalue weighted by Gasteiger charge is 2.12. The van der Waals surface area contributed by atoms with Gasteiger partial charge in [0.1, 0.15) is 18.1 Å². The summed E-state index contributed by atoms with van der Waals surface area (Å²) in [5.74, 6) is 2.14. The summed E-state index contributed by atoms with van der Waals surface area (Å²) in [5.41, 5.74) is 0.892. The predicted octanol–water partition coefficient (Wildman–Crippen LogP) is 1.48. The average Bonchev–Trinajstić information content (AvgIpc) is 2.81. The van der Waals surface area contributed by atoms with E-state index in [1.54, 1.807) is 14.2 Å². The van der Waals surface area contributed by atoms with E-state index in [0.717, 1.165) is 23.6 Å². The van der Waals surface area contributed by atoms with Crippen LogP contribution in [-0.2, 0) is 4.74 Å². The lowest BCUT2D eigenvalue weighted by Gasteiger charge is -2.08. The molecular formula is C11H13NO3. The van der Waals surface area contributed by atoms with Crippen molar-refractivity contribution in [2.75, 3.05) is 27.4 Å². The van der Waals surface area contributed by atoms with Crippen LogP contribution in [0.1, 0.15) is 5.56 Å². The van der Waals surface area contributed by atoms with Crippen molar-refractivity contribution in [1.29, 1.82) is 0 Å². The second-order valence-corrected chi connectivity index (χ2v) is 3.14. The van der Waals surface area contributed by atoms with Gasteiger partial charge in [0.2, 0.25) is 5.90 Å². The first-order valence-corrected chi connectivity index (χ1v) is 4.74. The van der Waals surface area contributed by atoms with Crippen molar-refractivity contribution in [2.24, 2.45) is 4.99 Å². The summed E-state index contributed by atoms with van der Waals surface area (Å²) in [5, 5.41) is 0. The summed E-state index contributed by atoms with van der Waals surface area (Å²) in [7, 11) is 3.24. The maximum absolute atomic E-state index is 5.38. The molecule has 0 fully saturated rings. The molecule has 0 N–H and O–H groups in total. The maximum atomic E-state index is 5.38. The lowest BCUT2D eigenvalue weighted by atomic mass is 10.2. The lowest BCUT2D eigenvalue weighted by Crippen LogP contribution is -2.02. The minimum absolute atomic E-state index is 0.648. The molecular weight excluding hydrogens is 194 g/mol. The third-order valence-corrected chi connectivity index (χ3v) is 2.18. The maximum Gasteiger partial charge on any atom is 0.216 e. The summed E-state index contributed by atoms with van der Waals surface area (Å²) in [6.07, 6.45) is 0. The smallest absolute Gasteiger partial charge is 0.216 e. The van der Waals surface area contributed by atoms with E-state index < -0.39 is 0 Å². The van der Waals surface area contributed by atoms with Crippen LogP contribution in [-0.4, -0.2) is 33.3 Å². The lowest BCUT2D eigenvalue weighted by molar-refractivity contribution is 0.347. The third-order valence-electron chi connectivity index (χ3n) is 2.18. The quantitative estimate of drug-likeness (QED) is 0.753. The Morgan fingerprint density at radius 2 is 1.80 bits per heavy atom. The van der Waals surface area contributed by atoms with Gasteiger partial charge in [0, 0.05) is 11.6 Å². The molecule has 4 heteroatoms. The molecule has 15 heavy (non-hydrogen) atoms. The molecule has 0 amide bonds. The second kappa shape index (κ2) is 4.21. The van der Waals surface area contributed by atoms with E-state index in [9.17, 15) is 0 Å². The molecule has 1 aliphatic heterocycles. The molecule has 1 heterocycles. The monoisotopic (exact) mass is 207 g/mol. The van der Waals surface area contributed by atoms with Gasteiger partial charge in [-0.3, -0.25) is 0 Å². The molecule has 0 saturated carbocycles. The van der Waals surface area contributed by atoms with Gasteiger partial charge >= 0.3 is 0 Å². The number of hydrogen-bond donors (Lipinski definition) is 0. The molecule has 1 aliphatic rings. The van der Waals surface area contributed by atoms with Gasteiger partial charge in [0.15, 0.2) is 0 Å². The Morgan fingerprint density at radius 1 is 1.13 bits per heavy atom. The molecule has 0 atom stereocenters.